The number of sulfonamides is 1. The van der Waals surface area contributed by atoms with Crippen LogP contribution in [0.3, 0.4) is 0 Å². The number of carbonyl (C=O) groups excluding carboxylic acids is 1. The lowest BCUT2D eigenvalue weighted by Gasteiger charge is -2.23. The van der Waals surface area contributed by atoms with Gasteiger partial charge in [0, 0.05) is 19.2 Å². The van der Waals surface area contributed by atoms with Crippen molar-refractivity contribution in [3.05, 3.63) is 60.2 Å². The van der Waals surface area contributed by atoms with Crippen molar-refractivity contribution in [1.29, 1.82) is 0 Å². The van der Waals surface area contributed by atoms with E-state index < -0.39 is 10.0 Å². The first-order valence-electron chi connectivity index (χ1n) is 9.11. The molecule has 2 aromatic rings. The number of rotatable bonds is 6. The summed E-state index contributed by atoms with van der Waals surface area (Å²) in [6.45, 7) is 2.59. The molecule has 144 valence electrons. The second-order valence-electron chi connectivity index (χ2n) is 6.75. The Morgan fingerprint density at radius 1 is 1.15 bits per heavy atom. The van der Waals surface area contributed by atoms with Crippen LogP contribution in [0.5, 0.6) is 0 Å². The van der Waals surface area contributed by atoms with Crippen molar-refractivity contribution in [2.45, 2.75) is 17.7 Å². The van der Waals surface area contributed by atoms with E-state index in [0.29, 0.717) is 23.7 Å². The number of nitrogens with one attached hydrogen (secondary N) is 2. The SMILES string of the molecule is CN(c1ccccc1)S(=O)(=O)c1ccc(C(=O)NCC2CCCNC2)cc1. The van der Waals surface area contributed by atoms with Crippen LogP contribution in [0.1, 0.15) is 23.2 Å². The van der Waals surface area contributed by atoms with Crippen LogP contribution in [0, 0.1) is 5.92 Å². The average molecular weight is 388 g/mol. The molecule has 6 nitrogen and oxygen atoms in total. The molecule has 1 atom stereocenters. The molecule has 1 amide bonds. The zero-order valence-electron chi connectivity index (χ0n) is 15.4. The van der Waals surface area contributed by atoms with Crippen LogP contribution in [0.25, 0.3) is 0 Å². The monoisotopic (exact) mass is 387 g/mol. The fourth-order valence-corrected chi connectivity index (χ4v) is 4.35. The number of benzene rings is 2. The minimum Gasteiger partial charge on any atom is -0.352 e. The Kier molecular flexibility index (Phi) is 6.13. The molecular formula is C20H25N3O3S. The van der Waals surface area contributed by atoms with Crippen LogP contribution >= 0.6 is 0 Å². The van der Waals surface area contributed by atoms with Crippen LogP contribution in [0.15, 0.2) is 59.5 Å². The number of carbonyl (C=O) groups is 1. The molecule has 1 saturated heterocycles. The normalized spacial score (nSPS) is 17.3. The lowest BCUT2D eigenvalue weighted by atomic mass is 10.00. The summed E-state index contributed by atoms with van der Waals surface area (Å²) in [4.78, 5) is 12.5. The summed E-state index contributed by atoms with van der Waals surface area (Å²) in [5, 5.41) is 6.26. The van der Waals surface area contributed by atoms with Crippen molar-refractivity contribution in [3.63, 3.8) is 0 Å². The highest BCUT2D eigenvalue weighted by atomic mass is 32.2. The Labute approximate surface area is 160 Å². The van der Waals surface area contributed by atoms with Gasteiger partial charge in [-0.2, -0.15) is 0 Å². The molecule has 1 aliphatic rings. The lowest BCUT2D eigenvalue weighted by molar-refractivity contribution is 0.0944. The smallest absolute Gasteiger partial charge is 0.264 e. The summed E-state index contributed by atoms with van der Waals surface area (Å²) in [6.07, 6.45) is 2.23. The molecule has 0 radical (unpaired) electrons. The quantitative estimate of drug-likeness (QED) is 0.797. The number of hydrogen-bond donors (Lipinski definition) is 2. The van der Waals surface area contributed by atoms with Crippen molar-refractivity contribution in [1.82, 2.24) is 10.6 Å². The molecule has 0 saturated carbocycles. The van der Waals surface area contributed by atoms with Gasteiger partial charge in [0.05, 0.1) is 10.6 Å². The topological polar surface area (TPSA) is 78.5 Å². The summed E-state index contributed by atoms with van der Waals surface area (Å²) in [6, 6.07) is 14.9. The Morgan fingerprint density at radius 3 is 2.48 bits per heavy atom. The molecule has 1 fully saturated rings. The van der Waals surface area contributed by atoms with Crippen LogP contribution in [-0.2, 0) is 10.0 Å². The number of hydrogen-bond acceptors (Lipinski definition) is 4. The number of piperidine rings is 1. The van der Waals surface area contributed by atoms with Crippen molar-refractivity contribution in [2.24, 2.45) is 5.92 Å². The van der Waals surface area contributed by atoms with E-state index in [0.717, 1.165) is 25.9 Å². The van der Waals surface area contributed by atoms with E-state index in [1.807, 2.05) is 6.07 Å². The van der Waals surface area contributed by atoms with Crippen molar-refractivity contribution < 1.29 is 13.2 Å². The molecule has 0 spiro atoms. The lowest BCUT2D eigenvalue weighted by Crippen LogP contribution is -2.38. The number of nitrogens with zero attached hydrogens (tertiary/aromatic N) is 1. The summed E-state index contributed by atoms with van der Waals surface area (Å²) in [5.41, 5.74) is 1.04. The molecular weight excluding hydrogens is 362 g/mol. The standard InChI is InChI=1S/C20H25N3O3S/c1-23(18-7-3-2-4-8-18)27(25,26)19-11-9-17(10-12-19)20(24)22-15-16-6-5-13-21-14-16/h2-4,7-12,16,21H,5-6,13-15H2,1H3,(H,22,24). The van der Waals surface area contributed by atoms with Gasteiger partial charge in [-0.05, 0) is 68.2 Å². The van der Waals surface area contributed by atoms with Gasteiger partial charge < -0.3 is 10.6 Å². The molecule has 1 aliphatic heterocycles. The van der Waals surface area contributed by atoms with E-state index in [1.165, 1.54) is 23.5 Å². The Bertz CT molecular complexity index is 861. The van der Waals surface area contributed by atoms with Crippen molar-refractivity contribution in [3.8, 4) is 0 Å². The molecule has 1 heterocycles. The molecule has 0 aliphatic carbocycles. The van der Waals surface area contributed by atoms with Gasteiger partial charge in [0.15, 0.2) is 0 Å². The number of amides is 1. The van der Waals surface area contributed by atoms with Crippen molar-refractivity contribution in [2.75, 3.05) is 31.0 Å². The zero-order chi connectivity index (χ0) is 19.3. The van der Waals surface area contributed by atoms with E-state index >= 15 is 0 Å². The van der Waals surface area contributed by atoms with Gasteiger partial charge in [-0.3, -0.25) is 9.10 Å². The summed E-state index contributed by atoms with van der Waals surface area (Å²) in [7, 11) is -2.15. The summed E-state index contributed by atoms with van der Waals surface area (Å²) >= 11 is 0. The Hall–Kier alpha value is -2.38. The maximum absolute atomic E-state index is 12.8. The van der Waals surface area contributed by atoms with E-state index in [4.69, 9.17) is 0 Å². The van der Waals surface area contributed by atoms with Crippen LogP contribution in [0.4, 0.5) is 5.69 Å². The first-order chi connectivity index (χ1) is 13.0. The van der Waals surface area contributed by atoms with Gasteiger partial charge in [-0.1, -0.05) is 18.2 Å². The van der Waals surface area contributed by atoms with Gasteiger partial charge >= 0.3 is 0 Å². The van der Waals surface area contributed by atoms with Gasteiger partial charge in [0.25, 0.3) is 15.9 Å². The van der Waals surface area contributed by atoms with Crippen molar-refractivity contribution >= 4 is 21.6 Å². The zero-order valence-corrected chi connectivity index (χ0v) is 16.2. The third-order valence-electron chi connectivity index (χ3n) is 4.84. The van der Waals surface area contributed by atoms with Crippen LogP contribution in [-0.4, -0.2) is 41.0 Å². The summed E-state index contributed by atoms with van der Waals surface area (Å²) < 4.78 is 26.8. The van der Waals surface area contributed by atoms with E-state index in [2.05, 4.69) is 10.6 Å². The Balaban J connectivity index is 1.66. The molecule has 2 aromatic carbocycles. The first kappa shape index (κ1) is 19.4. The van der Waals surface area contributed by atoms with Crippen LogP contribution in [0.2, 0.25) is 0 Å². The fourth-order valence-electron chi connectivity index (χ4n) is 3.15. The Morgan fingerprint density at radius 2 is 1.85 bits per heavy atom. The molecule has 2 N–H and O–H groups in total. The third-order valence-corrected chi connectivity index (χ3v) is 6.64. The minimum absolute atomic E-state index is 0.155. The highest BCUT2D eigenvalue weighted by Crippen LogP contribution is 2.22. The van der Waals surface area contributed by atoms with Gasteiger partial charge in [0.1, 0.15) is 0 Å². The fraction of sp³-hybridized carbons (Fsp3) is 0.350. The third kappa shape index (κ3) is 4.67. The van der Waals surface area contributed by atoms with Gasteiger partial charge in [-0.25, -0.2) is 8.42 Å². The molecule has 27 heavy (non-hydrogen) atoms. The second kappa shape index (κ2) is 8.54. The molecule has 7 heteroatoms. The maximum Gasteiger partial charge on any atom is 0.264 e. The van der Waals surface area contributed by atoms with Gasteiger partial charge in [-0.15, -0.1) is 0 Å². The highest BCUT2D eigenvalue weighted by molar-refractivity contribution is 7.92. The largest absolute Gasteiger partial charge is 0.352 e. The van der Waals surface area contributed by atoms with Crippen LogP contribution < -0.4 is 14.9 Å². The predicted octanol–water partition coefficient (Wildman–Crippen LogP) is 2.24. The maximum atomic E-state index is 12.8. The average Bonchev–Trinajstić information content (AvgIpc) is 2.73. The van der Waals surface area contributed by atoms with E-state index in [1.54, 1.807) is 36.4 Å². The van der Waals surface area contributed by atoms with E-state index in [-0.39, 0.29) is 10.8 Å². The number of anilines is 1. The highest BCUT2D eigenvalue weighted by Gasteiger charge is 2.21. The minimum atomic E-state index is -3.67. The second-order valence-corrected chi connectivity index (χ2v) is 8.72. The number of para-hydroxylation sites is 1. The molecule has 3 rings (SSSR count). The molecule has 0 bridgehead atoms. The summed E-state index contributed by atoms with van der Waals surface area (Å²) in [5.74, 6) is 0.266. The predicted molar refractivity (Wildman–Crippen MR) is 106 cm³/mol. The van der Waals surface area contributed by atoms with Gasteiger partial charge in [0.2, 0.25) is 0 Å². The molecule has 0 aromatic heterocycles. The molecule has 1 unspecified atom stereocenters. The first-order valence-corrected chi connectivity index (χ1v) is 10.6. The van der Waals surface area contributed by atoms with E-state index in [9.17, 15) is 13.2 Å².